The summed E-state index contributed by atoms with van der Waals surface area (Å²) in [5.74, 6) is -0.284. The molecular formula is C8H13N2O2. The summed E-state index contributed by atoms with van der Waals surface area (Å²) in [6.45, 7) is 3.34. The summed E-state index contributed by atoms with van der Waals surface area (Å²) < 4.78 is 0. The Labute approximate surface area is 71.9 Å². The van der Waals surface area contributed by atoms with Gasteiger partial charge in [0.05, 0.1) is 0 Å². The maximum absolute atomic E-state index is 11.0. The molecule has 0 bridgehead atoms. The molecule has 67 valence electrons. The highest BCUT2D eigenvalue weighted by atomic mass is 16.2. The number of amides is 3. The van der Waals surface area contributed by atoms with Crippen LogP contribution in [0.4, 0.5) is 4.79 Å². The molecule has 0 aromatic heterocycles. The number of urea groups is 1. The van der Waals surface area contributed by atoms with Gasteiger partial charge in [0.2, 0.25) is 0 Å². The van der Waals surface area contributed by atoms with Crippen LogP contribution in [0.1, 0.15) is 26.2 Å². The standard InChI is InChI=1S/C8H13N2O2/c1-2-3-5-10-6-4-7(11)9-8(10)12/h2-6H2,1H3. The van der Waals surface area contributed by atoms with Crippen molar-refractivity contribution >= 4 is 11.9 Å². The molecule has 0 aromatic rings. The second kappa shape index (κ2) is 4.09. The maximum Gasteiger partial charge on any atom is 0.346 e. The topological polar surface area (TPSA) is 51.5 Å². The normalized spacial score (nSPS) is 17.9. The largest absolute Gasteiger partial charge is 0.346 e. The van der Waals surface area contributed by atoms with Gasteiger partial charge in [0, 0.05) is 19.5 Å². The molecular weight excluding hydrogens is 156 g/mol. The monoisotopic (exact) mass is 169 g/mol. The fourth-order valence-electron chi connectivity index (χ4n) is 1.12. The summed E-state index contributed by atoms with van der Waals surface area (Å²) in [5.41, 5.74) is 0. The van der Waals surface area contributed by atoms with Gasteiger partial charge < -0.3 is 4.90 Å². The first kappa shape index (κ1) is 9.03. The van der Waals surface area contributed by atoms with Crippen LogP contribution >= 0.6 is 0 Å². The quantitative estimate of drug-likeness (QED) is 0.625. The molecule has 0 N–H and O–H groups in total. The molecule has 0 spiro atoms. The Morgan fingerprint density at radius 1 is 1.50 bits per heavy atom. The lowest BCUT2D eigenvalue weighted by Crippen LogP contribution is -2.45. The van der Waals surface area contributed by atoms with Crippen LogP contribution in [0, 0.1) is 0 Å². The molecule has 3 amide bonds. The zero-order valence-corrected chi connectivity index (χ0v) is 7.25. The fourth-order valence-corrected chi connectivity index (χ4v) is 1.12. The van der Waals surface area contributed by atoms with Crippen LogP contribution < -0.4 is 5.32 Å². The van der Waals surface area contributed by atoms with Crippen LogP contribution in [0.2, 0.25) is 0 Å². The minimum absolute atomic E-state index is 0.284. The number of nitrogens with zero attached hydrogens (tertiary/aromatic N) is 2. The molecule has 0 unspecified atom stereocenters. The van der Waals surface area contributed by atoms with Gasteiger partial charge in [-0.3, -0.25) is 4.79 Å². The highest BCUT2D eigenvalue weighted by Gasteiger charge is 2.23. The number of imide groups is 1. The lowest BCUT2D eigenvalue weighted by atomic mass is 10.2. The zero-order valence-electron chi connectivity index (χ0n) is 7.25. The van der Waals surface area contributed by atoms with Crippen LogP contribution in [0.5, 0.6) is 0 Å². The Balaban J connectivity index is 2.35. The average molecular weight is 169 g/mol. The van der Waals surface area contributed by atoms with Crippen molar-refractivity contribution in [3.05, 3.63) is 0 Å². The van der Waals surface area contributed by atoms with Gasteiger partial charge in [-0.15, -0.1) is 0 Å². The van der Waals surface area contributed by atoms with Crippen molar-refractivity contribution in [2.75, 3.05) is 13.1 Å². The molecule has 1 aliphatic rings. The molecule has 1 saturated heterocycles. The van der Waals surface area contributed by atoms with E-state index in [0.29, 0.717) is 13.0 Å². The average Bonchev–Trinajstić information content (AvgIpc) is 2.03. The Hall–Kier alpha value is -1.06. The molecule has 1 fully saturated rings. The molecule has 12 heavy (non-hydrogen) atoms. The molecule has 0 aromatic carbocycles. The highest BCUT2D eigenvalue weighted by molar-refractivity contribution is 5.96. The second-order valence-electron chi connectivity index (χ2n) is 2.88. The molecule has 1 rings (SSSR count). The number of unbranched alkanes of at least 4 members (excludes halogenated alkanes) is 1. The fraction of sp³-hybridized carbons (Fsp3) is 0.750. The Kier molecular flexibility index (Phi) is 3.08. The van der Waals surface area contributed by atoms with Gasteiger partial charge >= 0.3 is 6.03 Å². The van der Waals surface area contributed by atoms with Gasteiger partial charge in [-0.05, 0) is 6.42 Å². The minimum Gasteiger partial charge on any atom is -0.322 e. The SMILES string of the molecule is CCCCN1CCC(=O)[N]C1=O. The van der Waals surface area contributed by atoms with Crippen LogP contribution in [-0.4, -0.2) is 29.9 Å². The van der Waals surface area contributed by atoms with E-state index in [0.717, 1.165) is 19.4 Å². The van der Waals surface area contributed by atoms with Crippen molar-refractivity contribution in [1.29, 1.82) is 0 Å². The molecule has 4 heteroatoms. The van der Waals surface area contributed by atoms with Gasteiger partial charge in [-0.25, -0.2) is 4.79 Å². The van der Waals surface area contributed by atoms with Crippen LogP contribution in [0.25, 0.3) is 0 Å². The summed E-state index contributed by atoms with van der Waals surface area (Å²) in [5, 5.41) is 3.37. The van der Waals surface area contributed by atoms with Gasteiger partial charge in [0.15, 0.2) is 0 Å². The number of carbonyl (C=O) groups excluding carboxylic acids is 2. The first-order chi connectivity index (χ1) is 5.74. The van der Waals surface area contributed by atoms with Crippen molar-refractivity contribution in [3.63, 3.8) is 0 Å². The van der Waals surface area contributed by atoms with E-state index in [9.17, 15) is 9.59 Å². The van der Waals surface area contributed by atoms with Crippen LogP contribution in [-0.2, 0) is 4.79 Å². The second-order valence-corrected chi connectivity index (χ2v) is 2.88. The van der Waals surface area contributed by atoms with Crippen molar-refractivity contribution < 1.29 is 9.59 Å². The van der Waals surface area contributed by atoms with E-state index in [4.69, 9.17) is 0 Å². The van der Waals surface area contributed by atoms with Crippen molar-refractivity contribution in [1.82, 2.24) is 10.2 Å². The van der Waals surface area contributed by atoms with Crippen molar-refractivity contribution in [2.45, 2.75) is 26.2 Å². The van der Waals surface area contributed by atoms with E-state index in [-0.39, 0.29) is 11.9 Å². The number of rotatable bonds is 3. The van der Waals surface area contributed by atoms with E-state index in [1.165, 1.54) is 0 Å². The summed E-state index contributed by atoms with van der Waals surface area (Å²) in [6, 6.07) is -0.361. The van der Waals surface area contributed by atoms with Gasteiger partial charge in [-0.1, -0.05) is 13.3 Å². The van der Waals surface area contributed by atoms with E-state index in [1.807, 2.05) is 0 Å². The molecule has 4 nitrogen and oxygen atoms in total. The number of carbonyl (C=O) groups is 2. The number of hydrogen-bond donors (Lipinski definition) is 0. The summed E-state index contributed by atoms with van der Waals surface area (Å²) in [4.78, 5) is 23.4. The first-order valence-corrected chi connectivity index (χ1v) is 4.27. The van der Waals surface area contributed by atoms with Crippen LogP contribution in [0.3, 0.4) is 0 Å². The van der Waals surface area contributed by atoms with Crippen molar-refractivity contribution in [2.24, 2.45) is 0 Å². The third-order valence-corrected chi connectivity index (χ3v) is 1.87. The van der Waals surface area contributed by atoms with Crippen molar-refractivity contribution in [3.8, 4) is 0 Å². The Bertz CT molecular complexity index is 191. The lowest BCUT2D eigenvalue weighted by molar-refractivity contribution is -0.121. The molecule has 0 atom stereocenters. The molecule has 1 aliphatic heterocycles. The third kappa shape index (κ3) is 2.22. The summed E-state index contributed by atoms with van der Waals surface area (Å²) in [7, 11) is 0. The molecule has 1 heterocycles. The maximum atomic E-state index is 11.0. The van der Waals surface area contributed by atoms with E-state index < -0.39 is 0 Å². The minimum atomic E-state index is -0.361. The lowest BCUT2D eigenvalue weighted by Gasteiger charge is -2.24. The van der Waals surface area contributed by atoms with Gasteiger partial charge in [0.1, 0.15) is 0 Å². The zero-order chi connectivity index (χ0) is 8.97. The summed E-state index contributed by atoms with van der Waals surface area (Å²) in [6.07, 6.45) is 2.42. The van der Waals surface area contributed by atoms with Gasteiger partial charge in [0.25, 0.3) is 5.91 Å². The smallest absolute Gasteiger partial charge is 0.322 e. The van der Waals surface area contributed by atoms with E-state index in [1.54, 1.807) is 4.90 Å². The first-order valence-electron chi connectivity index (χ1n) is 4.27. The molecule has 0 aliphatic carbocycles. The van der Waals surface area contributed by atoms with Gasteiger partial charge in [-0.2, -0.15) is 5.32 Å². The predicted molar refractivity (Wildman–Crippen MR) is 43.6 cm³/mol. The van der Waals surface area contributed by atoms with Crippen LogP contribution in [0.15, 0.2) is 0 Å². The highest BCUT2D eigenvalue weighted by Crippen LogP contribution is 2.03. The third-order valence-electron chi connectivity index (χ3n) is 1.87. The predicted octanol–water partition coefficient (Wildman–Crippen LogP) is 0.743. The molecule has 1 radical (unpaired) electrons. The van der Waals surface area contributed by atoms with E-state index >= 15 is 0 Å². The summed E-state index contributed by atoms with van der Waals surface area (Å²) >= 11 is 0. The number of hydrogen-bond acceptors (Lipinski definition) is 2. The van der Waals surface area contributed by atoms with E-state index in [2.05, 4.69) is 12.2 Å². The molecule has 0 saturated carbocycles. The Morgan fingerprint density at radius 3 is 2.83 bits per heavy atom. The Morgan fingerprint density at radius 2 is 2.25 bits per heavy atom.